The van der Waals surface area contributed by atoms with Gasteiger partial charge in [-0.15, -0.1) is 0 Å². The average Bonchev–Trinajstić information content (AvgIpc) is 2.48. The second kappa shape index (κ2) is 4.45. The molecule has 0 amide bonds. The molecule has 0 spiro atoms. The SMILES string of the molecule is CCOC(=O)/C=C/c1cncn1C. The van der Waals surface area contributed by atoms with E-state index in [-0.39, 0.29) is 5.97 Å². The maximum Gasteiger partial charge on any atom is 0.330 e. The van der Waals surface area contributed by atoms with E-state index in [1.54, 1.807) is 25.5 Å². The fourth-order valence-electron chi connectivity index (χ4n) is 0.872. The van der Waals surface area contributed by atoms with Crippen molar-refractivity contribution in [1.82, 2.24) is 9.55 Å². The molecular formula is C9H12N2O2. The summed E-state index contributed by atoms with van der Waals surface area (Å²) >= 11 is 0. The Morgan fingerprint density at radius 1 is 1.77 bits per heavy atom. The largest absolute Gasteiger partial charge is 0.463 e. The number of hydrogen-bond donors (Lipinski definition) is 0. The van der Waals surface area contributed by atoms with Crippen LogP contribution in [0.3, 0.4) is 0 Å². The Morgan fingerprint density at radius 3 is 3.08 bits per heavy atom. The number of imidazole rings is 1. The highest BCUT2D eigenvalue weighted by Crippen LogP contribution is 1.99. The summed E-state index contributed by atoms with van der Waals surface area (Å²) in [7, 11) is 1.86. The number of carbonyl (C=O) groups excluding carboxylic acids is 1. The Labute approximate surface area is 76.8 Å². The first-order valence-electron chi connectivity index (χ1n) is 4.05. The van der Waals surface area contributed by atoms with Crippen LogP contribution < -0.4 is 0 Å². The Kier molecular flexibility index (Phi) is 3.25. The minimum atomic E-state index is -0.330. The van der Waals surface area contributed by atoms with Crippen LogP contribution in [-0.2, 0) is 16.6 Å². The summed E-state index contributed by atoms with van der Waals surface area (Å²) in [5.41, 5.74) is 0.869. The molecule has 0 aromatic carbocycles. The molecule has 0 fully saturated rings. The smallest absolute Gasteiger partial charge is 0.330 e. The van der Waals surface area contributed by atoms with Crippen LogP contribution in [-0.4, -0.2) is 22.1 Å². The van der Waals surface area contributed by atoms with Gasteiger partial charge in [-0.05, 0) is 13.0 Å². The standard InChI is InChI=1S/C9H12N2O2/c1-3-13-9(12)5-4-8-6-10-7-11(8)2/h4-7H,3H2,1-2H3/b5-4+. The van der Waals surface area contributed by atoms with Gasteiger partial charge in [0, 0.05) is 13.1 Å². The summed E-state index contributed by atoms with van der Waals surface area (Å²) in [6.45, 7) is 2.17. The first-order chi connectivity index (χ1) is 6.24. The molecule has 4 heteroatoms. The number of aromatic nitrogens is 2. The van der Waals surface area contributed by atoms with Crippen LogP contribution in [0, 0.1) is 0 Å². The topological polar surface area (TPSA) is 44.1 Å². The van der Waals surface area contributed by atoms with E-state index in [0.717, 1.165) is 5.69 Å². The van der Waals surface area contributed by atoms with Crippen LogP contribution in [0.15, 0.2) is 18.6 Å². The lowest BCUT2D eigenvalue weighted by molar-refractivity contribution is -0.137. The van der Waals surface area contributed by atoms with Gasteiger partial charge in [0.15, 0.2) is 0 Å². The summed E-state index contributed by atoms with van der Waals surface area (Å²) in [5, 5.41) is 0. The van der Waals surface area contributed by atoms with Crippen LogP contribution in [0.25, 0.3) is 6.08 Å². The molecule has 1 aromatic heterocycles. The van der Waals surface area contributed by atoms with Crippen LogP contribution in [0.5, 0.6) is 0 Å². The number of esters is 1. The minimum absolute atomic E-state index is 0.330. The zero-order valence-corrected chi connectivity index (χ0v) is 7.73. The second-order valence-electron chi connectivity index (χ2n) is 2.51. The van der Waals surface area contributed by atoms with Gasteiger partial charge in [-0.25, -0.2) is 9.78 Å². The van der Waals surface area contributed by atoms with Crippen molar-refractivity contribution in [2.75, 3.05) is 6.61 Å². The molecule has 0 saturated carbocycles. The summed E-state index contributed by atoms with van der Waals surface area (Å²) in [6, 6.07) is 0. The molecule has 0 unspecified atom stereocenters. The third kappa shape index (κ3) is 2.74. The Hall–Kier alpha value is -1.58. The number of carbonyl (C=O) groups is 1. The van der Waals surface area contributed by atoms with E-state index >= 15 is 0 Å². The highest BCUT2D eigenvalue weighted by atomic mass is 16.5. The Balaban J connectivity index is 2.58. The van der Waals surface area contributed by atoms with Crippen LogP contribution in [0.4, 0.5) is 0 Å². The Morgan fingerprint density at radius 2 is 2.54 bits per heavy atom. The lowest BCUT2D eigenvalue weighted by Gasteiger charge is -1.95. The lowest BCUT2D eigenvalue weighted by Crippen LogP contribution is -1.99. The molecule has 13 heavy (non-hydrogen) atoms. The molecule has 0 saturated heterocycles. The summed E-state index contributed by atoms with van der Waals surface area (Å²) in [6.07, 6.45) is 6.41. The molecule has 0 bridgehead atoms. The molecule has 1 heterocycles. The summed E-state index contributed by atoms with van der Waals surface area (Å²) in [4.78, 5) is 14.8. The lowest BCUT2D eigenvalue weighted by atomic mass is 10.4. The third-order valence-corrected chi connectivity index (χ3v) is 1.53. The summed E-state index contributed by atoms with van der Waals surface area (Å²) < 4.78 is 6.54. The maximum absolute atomic E-state index is 10.9. The number of nitrogens with zero attached hydrogens (tertiary/aromatic N) is 2. The first-order valence-corrected chi connectivity index (χ1v) is 4.05. The number of ether oxygens (including phenoxy) is 1. The van der Waals surface area contributed by atoms with Crippen molar-refractivity contribution in [2.24, 2.45) is 7.05 Å². The van der Waals surface area contributed by atoms with Crippen molar-refractivity contribution in [3.63, 3.8) is 0 Å². The normalized spacial score (nSPS) is 10.6. The molecule has 0 aliphatic heterocycles. The van der Waals surface area contributed by atoms with Crippen LogP contribution in [0.1, 0.15) is 12.6 Å². The molecule has 0 aliphatic carbocycles. The predicted molar refractivity (Wildman–Crippen MR) is 48.9 cm³/mol. The monoisotopic (exact) mass is 180 g/mol. The van der Waals surface area contributed by atoms with Crippen LogP contribution in [0.2, 0.25) is 0 Å². The molecule has 1 aromatic rings. The zero-order chi connectivity index (χ0) is 9.68. The molecule has 0 aliphatic rings. The first kappa shape index (κ1) is 9.51. The molecular weight excluding hydrogens is 168 g/mol. The predicted octanol–water partition coefficient (Wildman–Crippen LogP) is 0.996. The summed E-state index contributed by atoms with van der Waals surface area (Å²) in [5.74, 6) is -0.330. The molecule has 4 nitrogen and oxygen atoms in total. The van der Waals surface area contributed by atoms with E-state index in [1.165, 1.54) is 6.08 Å². The van der Waals surface area contributed by atoms with Gasteiger partial charge in [0.25, 0.3) is 0 Å². The maximum atomic E-state index is 10.9. The zero-order valence-electron chi connectivity index (χ0n) is 7.73. The van der Waals surface area contributed by atoms with Gasteiger partial charge < -0.3 is 9.30 Å². The van der Waals surface area contributed by atoms with E-state index in [2.05, 4.69) is 4.98 Å². The van der Waals surface area contributed by atoms with Crippen molar-refractivity contribution in [1.29, 1.82) is 0 Å². The molecule has 0 N–H and O–H groups in total. The van der Waals surface area contributed by atoms with Gasteiger partial charge in [0.2, 0.25) is 0 Å². The van der Waals surface area contributed by atoms with Gasteiger partial charge in [0.05, 0.1) is 24.8 Å². The van der Waals surface area contributed by atoms with Gasteiger partial charge in [-0.2, -0.15) is 0 Å². The van der Waals surface area contributed by atoms with Gasteiger partial charge in [0.1, 0.15) is 0 Å². The van der Waals surface area contributed by atoms with Gasteiger partial charge in [-0.1, -0.05) is 0 Å². The molecule has 1 rings (SSSR count). The minimum Gasteiger partial charge on any atom is -0.463 e. The third-order valence-electron chi connectivity index (χ3n) is 1.53. The van der Waals surface area contributed by atoms with Crippen molar-refractivity contribution >= 4 is 12.0 Å². The molecule has 0 radical (unpaired) electrons. The molecule has 0 atom stereocenters. The fraction of sp³-hybridized carbons (Fsp3) is 0.333. The van der Waals surface area contributed by atoms with E-state index < -0.39 is 0 Å². The Bertz CT molecular complexity index is 315. The van der Waals surface area contributed by atoms with E-state index in [0.29, 0.717) is 6.61 Å². The van der Waals surface area contributed by atoms with Crippen LogP contribution >= 0.6 is 0 Å². The number of aryl methyl sites for hydroxylation is 1. The fourth-order valence-corrected chi connectivity index (χ4v) is 0.872. The van der Waals surface area contributed by atoms with E-state index in [4.69, 9.17) is 4.74 Å². The number of rotatable bonds is 3. The highest BCUT2D eigenvalue weighted by molar-refractivity contribution is 5.86. The van der Waals surface area contributed by atoms with E-state index in [1.807, 2.05) is 11.6 Å². The van der Waals surface area contributed by atoms with E-state index in [9.17, 15) is 4.79 Å². The van der Waals surface area contributed by atoms with Crippen molar-refractivity contribution in [3.8, 4) is 0 Å². The van der Waals surface area contributed by atoms with Crippen molar-refractivity contribution in [3.05, 3.63) is 24.3 Å². The van der Waals surface area contributed by atoms with Crippen molar-refractivity contribution < 1.29 is 9.53 Å². The number of hydrogen-bond acceptors (Lipinski definition) is 3. The highest BCUT2D eigenvalue weighted by Gasteiger charge is 1.95. The van der Waals surface area contributed by atoms with Crippen molar-refractivity contribution in [2.45, 2.75) is 6.92 Å². The van der Waals surface area contributed by atoms with Gasteiger partial charge in [-0.3, -0.25) is 0 Å². The quantitative estimate of drug-likeness (QED) is 0.514. The van der Waals surface area contributed by atoms with Gasteiger partial charge >= 0.3 is 5.97 Å². The second-order valence-corrected chi connectivity index (χ2v) is 2.51. The average molecular weight is 180 g/mol. The molecule has 70 valence electrons.